The molecule has 0 amide bonds. The Hall–Kier alpha value is -2.92. The second kappa shape index (κ2) is 12.8. The summed E-state index contributed by atoms with van der Waals surface area (Å²) in [4.78, 5) is 30.2. The summed E-state index contributed by atoms with van der Waals surface area (Å²) >= 11 is 0. The van der Waals surface area contributed by atoms with Gasteiger partial charge in [-0.1, -0.05) is 31.7 Å². The number of fused-ring (bicyclic) bond motifs is 1. The third kappa shape index (κ3) is 5.10. The number of benzene rings is 2. The number of aromatic hydroxyl groups is 1. The van der Waals surface area contributed by atoms with Crippen LogP contribution in [0.2, 0.25) is 0 Å². The molecule has 53 heavy (non-hydrogen) atoms. The smallest absolute Gasteiger partial charge is 0.174 e. The normalized spacial score (nSPS) is 37.4. The van der Waals surface area contributed by atoms with E-state index in [1.807, 2.05) is 13.0 Å². The van der Waals surface area contributed by atoms with Crippen LogP contribution >= 0.6 is 0 Å². The summed E-state index contributed by atoms with van der Waals surface area (Å²) in [6.07, 6.45) is 10.5. The van der Waals surface area contributed by atoms with Gasteiger partial charge in [-0.3, -0.25) is 19.4 Å². The number of phenols is 1. The molecule has 6 fully saturated rings. The van der Waals surface area contributed by atoms with Crippen LogP contribution in [0, 0.1) is 25.7 Å². The van der Waals surface area contributed by atoms with Gasteiger partial charge in [0.2, 0.25) is 0 Å². The van der Waals surface area contributed by atoms with Gasteiger partial charge in [0.15, 0.2) is 11.9 Å². The molecule has 2 aromatic rings. The Kier molecular flexibility index (Phi) is 8.96. The number of piperidine rings is 2. The fourth-order valence-electron chi connectivity index (χ4n) is 12.4. The maximum Gasteiger partial charge on any atom is 0.174 e. The van der Waals surface area contributed by atoms with Gasteiger partial charge < -0.3 is 20.1 Å². The first-order chi connectivity index (χ1) is 25.0. The number of ether oxygens (including phenoxy) is 1. The van der Waals surface area contributed by atoms with Crippen LogP contribution in [0.25, 0.3) is 0 Å². The Bertz CT molecular complexity index is 1820. The number of Topliss-reactive ketones (excluding diaryl/α,β-unsaturated/α-hetero) is 2. The van der Waals surface area contributed by atoms with Gasteiger partial charge in [-0.2, -0.15) is 0 Å². The molecule has 3 heterocycles. The van der Waals surface area contributed by atoms with E-state index in [0.29, 0.717) is 37.9 Å². The summed E-state index contributed by atoms with van der Waals surface area (Å²) < 4.78 is 22.3. The molecule has 1 spiro atoms. The first kappa shape index (κ1) is 37.0. The Labute approximate surface area is 311 Å². The molecule has 2 aromatic carbocycles. The Morgan fingerprint density at radius 2 is 1.34 bits per heavy atom. The fourth-order valence-corrected chi connectivity index (χ4v) is 12.4. The van der Waals surface area contributed by atoms with Crippen molar-refractivity contribution in [3.05, 3.63) is 57.6 Å². The predicted octanol–water partition coefficient (Wildman–Crippen LogP) is 6.07. The number of likely N-dealkylation sites (tertiary alicyclic amines) is 2. The summed E-state index contributed by atoms with van der Waals surface area (Å²) in [5.74, 6) is 3.21. The first-order valence-electron chi connectivity index (χ1n) is 19.7. The highest BCUT2D eigenvalue weighted by molar-refractivity contribution is 5.90. The molecule has 11 rings (SSSR count). The van der Waals surface area contributed by atoms with Crippen molar-refractivity contribution in [2.24, 2.45) is 11.8 Å². The predicted molar refractivity (Wildman–Crippen MR) is 197 cm³/mol. The second-order valence-electron chi connectivity index (χ2n) is 17.9. The average molecular weight is 735 g/mol. The average Bonchev–Trinajstić information content (AvgIpc) is 4.07. The number of rotatable bonds is 4. The first-order valence-corrected chi connectivity index (χ1v) is 19.7. The largest absolute Gasteiger partial charge is 0.507 e. The number of carbonyl (C=O) groups is 2. The van der Waals surface area contributed by atoms with Crippen molar-refractivity contribution < 1.29 is 38.8 Å². The van der Waals surface area contributed by atoms with Crippen molar-refractivity contribution >= 4 is 11.6 Å². The van der Waals surface area contributed by atoms with Gasteiger partial charge in [0.05, 0.1) is 16.6 Å². The van der Waals surface area contributed by atoms with Gasteiger partial charge in [0.25, 0.3) is 0 Å². The Morgan fingerprint density at radius 1 is 0.774 bits per heavy atom. The summed E-state index contributed by atoms with van der Waals surface area (Å²) in [5, 5.41) is 34.9. The van der Waals surface area contributed by atoms with E-state index in [-0.39, 0.29) is 31.1 Å². The molecule has 0 radical (unpaired) electrons. The van der Waals surface area contributed by atoms with Gasteiger partial charge in [-0.05, 0) is 125 Å². The number of aryl methyl sites for hydroxylation is 2. The van der Waals surface area contributed by atoms with Gasteiger partial charge >= 0.3 is 0 Å². The highest BCUT2D eigenvalue weighted by atomic mass is 20.0. The van der Waals surface area contributed by atoms with Gasteiger partial charge in [0.1, 0.15) is 17.3 Å². The molecular weight excluding hydrogens is 678 g/mol. The molecule has 3 N–H and O–H groups in total. The molecule has 6 aliphatic carbocycles. The molecule has 288 valence electrons. The zero-order valence-electron chi connectivity index (χ0n) is 30.4. The molecule has 7 atom stereocenters. The lowest BCUT2D eigenvalue weighted by molar-refractivity contribution is -0.188. The lowest BCUT2D eigenvalue weighted by atomic mass is 9.49. The van der Waals surface area contributed by atoms with Crippen LogP contribution in [0.1, 0.15) is 111 Å². The zero-order valence-corrected chi connectivity index (χ0v) is 30.4. The maximum absolute atomic E-state index is 12.8. The summed E-state index contributed by atoms with van der Waals surface area (Å²) in [6, 6.07) is 8.62. The lowest BCUT2D eigenvalue weighted by Crippen LogP contribution is -2.76. The molecule has 3 aliphatic heterocycles. The molecule has 4 saturated carbocycles. The maximum atomic E-state index is 12.8. The standard InChI is InChI=1S/C21H25NO3.C21H27NO3.CH4.F2/c1-12-2-5-14-10-16-21(24)7-6-15(23)19-20(21,17(14)18(12)25-19)8-9-22(16)11-13-3-4-13;1-13-2-5-15-10-17-21(25)7-6-16(23)11-20(21,18(15)19(13)24)8-9-22(17)12-14-3-4-14;;1-2/h2,5,13,16,19,24H,3-4,6-11H2,1H3;2,5,14,17,24-25H,3-4,6-12H2,1H3;1H4;/t16-,19+,20+,21-;17-,20-,21-;;/m11../s1. The summed E-state index contributed by atoms with van der Waals surface area (Å²) in [5.41, 5.74) is 3.58. The third-order valence-electron chi connectivity index (χ3n) is 15.3. The van der Waals surface area contributed by atoms with E-state index >= 15 is 0 Å². The van der Waals surface area contributed by atoms with Crippen LogP contribution in [0.3, 0.4) is 0 Å². The van der Waals surface area contributed by atoms with Gasteiger partial charge in [0, 0.05) is 70.1 Å². The molecule has 0 aromatic heterocycles. The number of hydrogen-bond acceptors (Lipinski definition) is 8. The Balaban J connectivity index is 0.000000142. The molecule has 10 heteroatoms. The second-order valence-corrected chi connectivity index (χ2v) is 17.9. The molecule has 2 saturated heterocycles. The topological polar surface area (TPSA) is 111 Å². The monoisotopic (exact) mass is 734 g/mol. The van der Waals surface area contributed by atoms with Crippen LogP contribution in [0.4, 0.5) is 9.15 Å². The summed E-state index contributed by atoms with van der Waals surface area (Å²) in [6.45, 7) is 8.04. The summed E-state index contributed by atoms with van der Waals surface area (Å²) in [7, 11) is 0. The number of halogens is 2. The van der Waals surface area contributed by atoms with E-state index < -0.39 is 28.1 Å². The number of nitrogens with zero attached hydrogens (tertiary/aromatic N) is 2. The minimum absolute atomic E-state index is 0. The molecule has 4 bridgehead atoms. The number of aliphatic hydroxyl groups is 2. The van der Waals surface area contributed by atoms with Crippen molar-refractivity contribution in [1.82, 2.24) is 9.80 Å². The number of phenolic OH excluding ortho intramolecular Hbond substituents is 1. The van der Waals surface area contributed by atoms with Crippen LogP contribution in [-0.4, -0.2) is 92.3 Å². The Morgan fingerprint density at radius 3 is 1.98 bits per heavy atom. The van der Waals surface area contributed by atoms with Crippen molar-refractivity contribution in [1.29, 1.82) is 0 Å². The molecule has 0 unspecified atom stereocenters. The zero-order chi connectivity index (χ0) is 36.4. The van der Waals surface area contributed by atoms with Gasteiger partial charge in [-0.25, -0.2) is 0 Å². The minimum atomic E-state index is -0.897. The van der Waals surface area contributed by atoms with Crippen molar-refractivity contribution in [2.75, 3.05) is 26.2 Å². The molecule has 9 aliphatic rings. The third-order valence-corrected chi connectivity index (χ3v) is 15.3. The highest BCUT2D eigenvalue weighted by Gasteiger charge is 2.73. The highest BCUT2D eigenvalue weighted by Crippen LogP contribution is 2.64. The fraction of sp³-hybridized carbons (Fsp3) is 0.674. The number of carbonyl (C=O) groups excluding carboxylic acids is 2. The molecular formula is C43H56F2N2O6. The van der Waals surface area contributed by atoms with Crippen molar-refractivity contribution in [2.45, 2.75) is 145 Å². The van der Waals surface area contributed by atoms with E-state index in [0.717, 1.165) is 91.7 Å². The van der Waals surface area contributed by atoms with Crippen LogP contribution in [-0.2, 0) is 33.3 Å². The van der Waals surface area contributed by atoms with Crippen LogP contribution in [0.5, 0.6) is 11.5 Å². The quantitative estimate of drug-likeness (QED) is 0.348. The lowest BCUT2D eigenvalue weighted by Gasteiger charge is -2.63. The van der Waals surface area contributed by atoms with E-state index in [1.54, 1.807) is 0 Å². The van der Waals surface area contributed by atoms with Crippen molar-refractivity contribution in [3.63, 3.8) is 0 Å². The van der Waals surface area contributed by atoms with E-state index in [4.69, 9.17) is 13.9 Å². The number of ketones is 2. The SMILES string of the molecule is C.Cc1ccc2c(c1O)[C@]13CCN(CC4CC4)[C@H](C2)[C@]1(O)CCC(=O)C3.Cc1ccc2c3c1O[C@H]1C(=O)CC[C@@]4(O)[C@@H](C2)N(CC2CC2)CC[C@]314.FF. The van der Waals surface area contributed by atoms with Crippen molar-refractivity contribution in [3.8, 4) is 11.5 Å². The van der Waals surface area contributed by atoms with Crippen LogP contribution in [0.15, 0.2) is 24.3 Å². The van der Waals surface area contributed by atoms with E-state index in [9.17, 15) is 24.9 Å². The van der Waals surface area contributed by atoms with E-state index in [2.05, 4.69) is 34.9 Å². The van der Waals surface area contributed by atoms with Gasteiger partial charge in [-0.15, -0.1) is 0 Å². The molecule has 8 nitrogen and oxygen atoms in total. The minimum Gasteiger partial charge on any atom is -0.507 e. The number of hydrogen-bond donors (Lipinski definition) is 3. The van der Waals surface area contributed by atoms with E-state index in [1.165, 1.54) is 36.8 Å². The van der Waals surface area contributed by atoms with Crippen LogP contribution < -0.4 is 4.74 Å².